The van der Waals surface area contributed by atoms with Crippen molar-refractivity contribution in [2.24, 2.45) is 0 Å². The lowest BCUT2D eigenvalue weighted by molar-refractivity contribution is -0.146. The van der Waals surface area contributed by atoms with Crippen LogP contribution >= 0.6 is 0 Å². The Hall–Kier alpha value is -4.01. The third kappa shape index (κ3) is 6.42. The number of carbonyl (C=O) groups is 1. The number of hydrogen-bond acceptors (Lipinski definition) is 9. The summed E-state index contributed by atoms with van der Waals surface area (Å²) < 4.78 is 69.7. The molecule has 1 amide bonds. The van der Waals surface area contributed by atoms with E-state index in [2.05, 4.69) is 19.9 Å². The molecular weight excluding hydrogens is 586 g/mol. The summed E-state index contributed by atoms with van der Waals surface area (Å²) in [6, 6.07) is 4.02. The smallest absolute Gasteiger partial charge is 0.450 e. The second-order valence-electron chi connectivity index (χ2n) is 12.1. The number of rotatable bonds is 5. The number of halogens is 4. The van der Waals surface area contributed by atoms with E-state index in [1.807, 2.05) is 7.05 Å². The van der Waals surface area contributed by atoms with Crippen LogP contribution in [0.15, 0.2) is 29.1 Å². The second-order valence-corrected chi connectivity index (χ2v) is 12.1. The van der Waals surface area contributed by atoms with E-state index in [1.54, 1.807) is 32.6 Å². The van der Waals surface area contributed by atoms with Crippen LogP contribution in [0, 0.1) is 5.82 Å². The molecule has 2 saturated heterocycles. The molecule has 0 spiro atoms. The highest BCUT2D eigenvalue weighted by Crippen LogP contribution is 2.33. The van der Waals surface area contributed by atoms with Crippen LogP contribution in [-0.4, -0.2) is 92.9 Å². The van der Waals surface area contributed by atoms with Crippen molar-refractivity contribution in [1.82, 2.24) is 29.3 Å². The van der Waals surface area contributed by atoms with Crippen molar-refractivity contribution in [2.75, 3.05) is 44.7 Å². The molecule has 2 aliphatic rings. The van der Waals surface area contributed by atoms with Gasteiger partial charge in [0.15, 0.2) is 11.3 Å². The van der Waals surface area contributed by atoms with Crippen LogP contribution in [0.4, 0.5) is 28.2 Å². The minimum absolute atomic E-state index is 0.0515. The average Bonchev–Trinajstić information content (AvgIpc) is 3.35. The average molecular weight is 622 g/mol. The molecule has 2 aliphatic heterocycles. The molecule has 2 aromatic heterocycles. The molecule has 1 unspecified atom stereocenters. The van der Waals surface area contributed by atoms with Crippen molar-refractivity contribution in [3.05, 3.63) is 46.3 Å². The summed E-state index contributed by atoms with van der Waals surface area (Å²) in [6.07, 6.45) is -3.80. The van der Waals surface area contributed by atoms with Crippen molar-refractivity contribution < 1.29 is 31.8 Å². The number of likely N-dealkylation sites (N-methyl/N-ethyl adjacent to an activating group) is 1. The quantitative estimate of drug-likeness (QED) is 0.387. The number of ether oxygens (including phenoxy) is 2. The first-order chi connectivity index (χ1) is 20.6. The molecule has 4 heterocycles. The molecule has 44 heavy (non-hydrogen) atoms. The van der Waals surface area contributed by atoms with Gasteiger partial charge in [0.05, 0.1) is 5.69 Å². The van der Waals surface area contributed by atoms with Gasteiger partial charge in [0.2, 0.25) is 5.82 Å². The maximum atomic E-state index is 14.8. The molecule has 0 radical (unpaired) electrons. The first-order valence-electron chi connectivity index (χ1n) is 14.4. The van der Waals surface area contributed by atoms with Crippen LogP contribution < -0.4 is 15.2 Å². The van der Waals surface area contributed by atoms with Crippen molar-refractivity contribution >= 4 is 22.9 Å². The summed E-state index contributed by atoms with van der Waals surface area (Å²) in [7, 11) is 1.95. The van der Waals surface area contributed by atoms with E-state index >= 15 is 0 Å². The number of amides is 1. The molecule has 2 atom stereocenters. The number of carbonyl (C=O) groups excluding carboxylic acids is 1. The highest BCUT2D eigenvalue weighted by molar-refractivity contribution is 5.86. The molecule has 0 bridgehead atoms. The number of hydrogen-bond donors (Lipinski definition) is 0. The summed E-state index contributed by atoms with van der Waals surface area (Å²) in [5.41, 5.74) is -3.41. The van der Waals surface area contributed by atoms with Crippen molar-refractivity contribution in [2.45, 2.75) is 64.4 Å². The maximum absolute atomic E-state index is 14.8. The molecule has 1 aromatic carbocycles. The summed E-state index contributed by atoms with van der Waals surface area (Å²) in [4.78, 5) is 44.4. The SMILES string of the molecule is C[C@H]1CN(C(=O)OC(C)(C)C)CCN1c1nc(OCC2CCCN2C)nc2c(=O)n(-c3ccccc3F)c(C(F)(F)F)nc12. The Kier molecular flexibility index (Phi) is 8.44. The largest absolute Gasteiger partial charge is 0.462 e. The van der Waals surface area contributed by atoms with Gasteiger partial charge in [-0.15, -0.1) is 0 Å². The highest BCUT2D eigenvalue weighted by atomic mass is 19.4. The molecule has 0 saturated carbocycles. The topological polar surface area (TPSA) is 106 Å². The van der Waals surface area contributed by atoms with Gasteiger partial charge in [0.1, 0.15) is 23.5 Å². The molecule has 15 heteroatoms. The Labute approximate surface area is 251 Å². The Morgan fingerprint density at radius 3 is 2.39 bits per heavy atom. The van der Waals surface area contributed by atoms with E-state index in [0.717, 1.165) is 31.5 Å². The number of alkyl halides is 3. The number of nitrogens with zero attached hydrogens (tertiary/aromatic N) is 7. The van der Waals surface area contributed by atoms with Crippen LogP contribution in [0.5, 0.6) is 6.01 Å². The summed E-state index contributed by atoms with van der Waals surface area (Å²) in [5.74, 6) is -2.71. The Morgan fingerprint density at radius 2 is 1.77 bits per heavy atom. The summed E-state index contributed by atoms with van der Waals surface area (Å²) in [5, 5.41) is 0. The molecule has 238 valence electrons. The minimum Gasteiger partial charge on any atom is -0.462 e. The minimum atomic E-state index is -5.13. The molecular formula is C29H35F4N7O4. The lowest BCUT2D eigenvalue weighted by Gasteiger charge is -2.40. The fourth-order valence-electron chi connectivity index (χ4n) is 5.47. The van der Waals surface area contributed by atoms with Gasteiger partial charge in [0, 0.05) is 31.7 Å². The van der Waals surface area contributed by atoms with Crippen LogP contribution in [0.1, 0.15) is 46.4 Å². The maximum Gasteiger partial charge on any atom is 0.450 e. The Bertz CT molecular complexity index is 1610. The first kappa shape index (κ1) is 31.4. The van der Waals surface area contributed by atoms with Gasteiger partial charge in [-0.1, -0.05) is 12.1 Å². The van der Waals surface area contributed by atoms with E-state index < -0.39 is 57.8 Å². The van der Waals surface area contributed by atoms with Crippen molar-refractivity contribution in [3.8, 4) is 11.7 Å². The van der Waals surface area contributed by atoms with Gasteiger partial charge in [-0.25, -0.2) is 14.2 Å². The van der Waals surface area contributed by atoms with Gasteiger partial charge < -0.3 is 24.2 Å². The zero-order valence-corrected chi connectivity index (χ0v) is 25.2. The van der Waals surface area contributed by atoms with Crippen molar-refractivity contribution in [3.63, 3.8) is 0 Å². The van der Waals surface area contributed by atoms with Crippen LogP contribution in [0.3, 0.4) is 0 Å². The number of likely N-dealkylation sites (tertiary alicyclic amines) is 1. The zero-order chi connectivity index (χ0) is 32.0. The number of aromatic nitrogens is 4. The normalized spacial score (nSPS) is 19.9. The van der Waals surface area contributed by atoms with Crippen LogP contribution in [0.25, 0.3) is 16.7 Å². The van der Waals surface area contributed by atoms with Gasteiger partial charge in [-0.3, -0.25) is 9.36 Å². The van der Waals surface area contributed by atoms with Gasteiger partial charge in [-0.2, -0.15) is 23.1 Å². The summed E-state index contributed by atoms with van der Waals surface area (Å²) >= 11 is 0. The fourth-order valence-corrected chi connectivity index (χ4v) is 5.47. The lowest BCUT2D eigenvalue weighted by Crippen LogP contribution is -2.55. The third-order valence-corrected chi connectivity index (χ3v) is 7.65. The molecule has 3 aromatic rings. The zero-order valence-electron chi connectivity index (χ0n) is 25.2. The molecule has 5 rings (SSSR count). The number of fused-ring (bicyclic) bond motifs is 1. The second kappa shape index (κ2) is 11.8. The van der Waals surface area contributed by atoms with E-state index in [1.165, 1.54) is 17.0 Å². The highest BCUT2D eigenvalue weighted by Gasteiger charge is 2.40. The van der Waals surface area contributed by atoms with Gasteiger partial charge >= 0.3 is 18.3 Å². The monoisotopic (exact) mass is 621 g/mol. The van der Waals surface area contributed by atoms with E-state index in [-0.39, 0.29) is 48.7 Å². The van der Waals surface area contributed by atoms with E-state index in [9.17, 15) is 27.2 Å². The van der Waals surface area contributed by atoms with Crippen LogP contribution in [-0.2, 0) is 10.9 Å². The number of piperazine rings is 1. The standard InChI is InChI=1S/C29H35F4N7O4/c1-17-15-38(27(42)44-28(2,3)4)13-14-39(17)23-21-22(35-26(36-23)43-16-18-9-8-12-37(18)5)24(41)40(25(34-21)29(31,32)33)20-11-7-6-10-19(20)30/h6-7,10-11,17-18H,8-9,12-16H2,1-5H3/t17-,18?/m0/s1. The number of para-hydroxylation sites is 1. The molecule has 11 nitrogen and oxygen atoms in total. The van der Waals surface area contributed by atoms with E-state index in [4.69, 9.17) is 9.47 Å². The predicted octanol–water partition coefficient (Wildman–Crippen LogP) is 4.25. The number of anilines is 1. The Morgan fingerprint density at radius 1 is 1.05 bits per heavy atom. The Balaban J connectivity index is 1.63. The molecule has 0 aliphatic carbocycles. The van der Waals surface area contributed by atoms with Gasteiger partial charge in [-0.05, 0) is 66.3 Å². The third-order valence-electron chi connectivity index (χ3n) is 7.65. The molecule has 2 fully saturated rings. The number of benzene rings is 1. The lowest BCUT2D eigenvalue weighted by atomic mass is 10.1. The van der Waals surface area contributed by atoms with Gasteiger partial charge in [0.25, 0.3) is 5.56 Å². The summed E-state index contributed by atoms with van der Waals surface area (Å²) in [6.45, 7) is 8.59. The van der Waals surface area contributed by atoms with Crippen molar-refractivity contribution in [1.29, 1.82) is 0 Å². The fraction of sp³-hybridized carbons (Fsp3) is 0.552. The van der Waals surface area contributed by atoms with E-state index in [0.29, 0.717) is 0 Å². The molecule has 0 N–H and O–H groups in total. The predicted molar refractivity (Wildman–Crippen MR) is 154 cm³/mol. The van der Waals surface area contributed by atoms with Crippen LogP contribution in [0.2, 0.25) is 0 Å². The first-order valence-corrected chi connectivity index (χ1v) is 14.4.